The van der Waals surface area contributed by atoms with Crippen LogP contribution in [0.2, 0.25) is 5.02 Å². The molecule has 120 valence electrons. The van der Waals surface area contributed by atoms with Crippen molar-refractivity contribution in [2.24, 2.45) is 5.10 Å². The summed E-state index contributed by atoms with van der Waals surface area (Å²) in [5, 5.41) is 6.28. The molecule has 0 radical (unpaired) electrons. The van der Waals surface area contributed by atoms with E-state index in [-0.39, 0.29) is 11.9 Å². The van der Waals surface area contributed by atoms with E-state index in [1.54, 1.807) is 48.9 Å². The van der Waals surface area contributed by atoms with Gasteiger partial charge in [-0.15, -0.1) is 0 Å². The molecular formula is C18H13ClN2O3. The van der Waals surface area contributed by atoms with Crippen molar-refractivity contribution >= 4 is 23.2 Å². The lowest BCUT2D eigenvalue weighted by Gasteiger charge is -2.20. The maximum Gasteiger partial charge on any atom is 0.276 e. The Morgan fingerprint density at radius 2 is 1.88 bits per heavy atom. The number of furan rings is 2. The first-order chi connectivity index (χ1) is 11.7. The minimum atomic E-state index is -0.330. The van der Waals surface area contributed by atoms with Crippen LogP contribution in [0.25, 0.3) is 0 Å². The van der Waals surface area contributed by atoms with Crippen LogP contribution in [0.15, 0.2) is 75.0 Å². The summed E-state index contributed by atoms with van der Waals surface area (Å²) in [5.74, 6) is 1.03. The Bertz CT molecular complexity index is 885. The maximum absolute atomic E-state index is 13.0. The number of nitrogens with zero attached hydrogens (tertiary/aromatic N) is 2. The lowest BCUT2D eigenvalue weighted by Crippen LogP contribution is -2.27. The van der Waals surface area contributed by atoms with Crippen LogP contribution < -0.4 is 0 Å². The number of carbonyl (C=O) groups excluding carboxylic acids is 1. The number of halogens is 1. The summed E-state index contributed by atoms with van der Waals surface area (Å²) in [5.41, 5.74) is 1.10. The Balaban J connectivity index is 1.74. The van der Waals surface area contributed by atoms with Crippen LogP contribution in [0.5, 0.6) is 0 Å². The molecule has 1 atom stereocenters. The average Bonchev–Trinajstić information content (AvgIpc) is 3.33. The van der Waals surface area contributed by atoms with Crippen molar-refractivity contribution in [2.45, 2.75) is 12.5 Å². The molecule has 1 aromatic carbocycles. The highest BCUT2D eigenvalue weighted by Crippen LogP contribution is 2.35. The molecule has 0 unspecified atom stereocenters. The smallest absolute Gasteiger partial charge is 0.276 e. The molecule has 0 fully saturated rings. The second-order valence-electron chi connectivity index (χ2n) is 5.39. The van der Waals surface area contributed by atoms with Gasteiger partial charge in [0.05, 0.1) is 23.1 Å². The van der Waals surface area contributed by atoms with Crippen LogP contribution in [0.3, 0.4) is 0 Å². The predicted molar refractivity (Wildman–Crippen MR) is 88.9 cm³/mol. The number of hydrazone groups is 1. The zero-order chi connectivity index (χ0) is 16.5. The fraction of sp³-hybridized carbons (Fsp3) is 0.111. The third-order valence-corrected chi connectivity index (χ3v) is 4.23. The van der Waals surface area contributed by atoms with Crippen molar-refractivity contribution in [1.82, 2.24) is 5.01 Å². The van der Waals surface area contributed by atoms with E-state index in [0.717, 1.165) is 0 Å². The third-order valence-electron chi connectivity index (χ3n) is 3.90. The molecule has 0 saturated heterocycles. The van der Waals surface area contributed by atoms with Crippen LogP contribution in [0.4, 0.5) is 0 Å². The van der Waals surface area contributed by atoms with Gasteiger partial charge >= 0.3 is 0 Å². The molecule has 6 heteroatoms. The predicted octanol–water partition coefficient (Wildman–Crippen LogP) is 4.52. The zero-order valence-corrected chi connectivity index (χ0v) is 13.3. The van der Waals surface area contributed by atoms with Gasteiger partial charge in [0.15, 0.2) is 0 Å². The van der Waals surface area contributed by atoms with E-state index in [0.29, 0.717) is 34.2 Å². The number of benzene rings is 1. The van der Waals surface area contributed by atoms with Gasteiger partial charge in [-0.1, -0.05) is 23.7 Å². The first-order valence-corrected chi connectivity index (χ1v) is 7.84. The van der Waals surface area contributed by atoms with Crippen molar-refractivity contribution in [1.29, 1.82) is 0 Å². The molecule has 5 nitrogen and oxygen atoms in total. The lowest BCUT2D eigenvalue weighted by molar-refractivity contribution is 0.0693. The van der Waals surface area contributed by atoms with Gasteiger partial charge in [0.2, 0.25) is 0 Å². The Hall–Kier alpha value is -2.79. The highest BCUT2D eigenvalue weighted by atomic mass is 35.5. The Morgan fingerprint density at radius 1 is 1.08 bits per heavy atom. The topological polar surface area (TPSA) is 59.0 Å². The van der Waals surface area contributed by atoms with Crippen molar-refractivity contribution in [3.8, 4) is 0 Å². The van der Waals surface area contributed by atoms with Crippen LogP contribution >= 0.6 is 11.6 Å². The fourth-order valence-electron chi connectivity index (χ4n) is 2.75. The van der Waals surface area contributed by atoms with E-state index < -0.39 is 0 Å². The molecule has 1 amide bonds. The van der Waals surface area contributed by atoms with Crippen LogP contribution in [0.1, 0.15) is 34.3 Å². The number of hydrogen-bond donors (Lipinski definition) is 0. The van der Waals surface area contributed by atoms with Gasteiger partial charge in [-0.05, 0) is 36.4 Å². The Morgan fingerprint density at radius 3 is 2.58 bits per heavy atom. The normalized spacial score (nSPS) is 17.1. The highest BCUT2D eigenvalue weighted by molar-refractivity contribution is 6.33. The summed E-state index contributed by atoms with van der Waals surface area (Å²) in [6.07, 6.45) is 3.67. The van der Waals surface area contributed by atoms with E-state index in [1.807, 2.05) is 12.1 Å². The van der Waals surface area contributed by atoms with Crippen molar-refractivity contribution in [3.05, 3.63) is 83.2 Å². The van der Waals surface area contributed by atoms with E-state index in [4.69, 9.17) is 20.4 Å². The van der Waals surface area contributed by atoms with Crippen LogP contribution in [0, 0.1) is 0 Å². The number of amides is 1. The van der Waals surface area contributed by atoms with Crippen LogP contribution in [-0.2, 0) is 0 Å². The second-order valence-corrected chi connectivity index (χ2v) is 5.80. The third kappa shape index (κ3) is 2.53. The summed E-state index contributed by atoms with van der Waals surface area (Å²) in [4.78, 5) is 13.0. The summed E-state index contributed by atoms with van der Waals surface area (Å²) >= 11 is 6.17. The monoisotopic (exact) mass is 340 g/mol. The molecule has 1 aliphatic heterocycles. The van der Waals surface area contributed by atoms with Gasteiger partial charge < -0.3 is 8.83 Å². The van der Waals surface area contributed by atoms with E-state index in [2.05, 4.69) is 5.10 Å². The molecule has 24 heavy (non-hydrogen) atoms. The SMILES string of the molecule is O=C(c1ccccc1Cl)N1N=C(c2ccco2)C[C@@H]1c1ccco1. The van der Waals surface area contributed by atoms with Gasteiger partial charge in [0.1, 0.15) is 23.3 Å². The first kappa shape index (κ1) is 14.8. The number of carbonyl (C=O) groups is 1. The largest absolute Gasteiger partial charge is 0.467 e. The minimum Gasteiger partial charge on any atom is -0.467 e. The standard InChI is InChI=1S/C18H13ClN2O3/c19-13-6-2-1-5-12(13)18(22)21-15(17-8-4-10-24-17)11-14(20-21)16-7-3-9-23-16/h1-10,15H,11H2/t15-/m1/s1. The average molecular weight is 341 g/mol. The Kier molecular flexibility index (Phi) is 3.70. The Labute approximate surface area is 143 Å². The lowest BCUT2D eigenvalue weighted by atomic mass is 10.1. The molecule has 0 aliphatic carbocycles. The van der Waals surface area contributed by atoms with E-state index >= 15 is 0 Å². The van der Waals surface area contributed by atoms with Crippen molar-refractivity contribution in [2.75, 3.05) is 0 Å². The van der Waals surface area contributed by atoms with Crippen LogP contribution in [-0.4, -0.2) is 16.6 Å². The summed E-state index contributed by atoms with van der Waals surface area (Å²) in [7, 11) is 0. The summed E-state index contributed by atoms with van der Waals surface area (Å²) < 4.78 is 10.9. The maximum atomic E-state index is 13.0. The van der Waals surface area contributed by atoms with Crippen molar-refractivity contribution in [3.63, 3.8) is 0 Å². The van der Waals surface area contributed by atoms with E-state index in [9.17, 15) is 4.79 Å². The first-order valence-electron chi connectivity index (χ1n) is 7.47. The van der Waals surface area contributed by atoms with Gasteiger partial charge in [-0.2, -0.15) is 5.10 Å². The molecule has 2 aromatic heterocycles. The van der Waals surface area contributed by atoms with E-state index in [1.165, 1.54) is 5.01 Å². The van der Waals surface area contributed by atoms with Gasteiger partial charge in [-0.3, -0.25) is 4.79 Å². The summed E-state index contributed by atoms with van der Waals surface area (Å²) in [6, 6.07) is 13.8. The molecular weight excluding hydrogens is 328 g/mol. The second kappa shape index (κ2) is 6.02. The molecule has 0 bridgehead atoms. The molecule has 3 aromatic rings. The highest BCUT2D eigenvalue weighted by Gasteiger charge is 2.36. The zero-order valence-electron chi connectivity index (χ0n) is 12.6. The number of rotatable bonds is 3. The molecule has 0 N–H and O–H groups in total. The molecule has 4 rings (SSSR count). The van der Waals surface area contributed by atoms with Gasteiger partial charge in [-0.25, -0.2) is 5.01 Å². The van der Waals surface area contributed by atoms with Crippen molar-refractivity contribution < 1.29 is 13.6 Å². The summed E-state index contributed by atoms with van der Waals surface area (Å²) in [6.45, 7) is 0. The number of hydrogen-bond acceptors (Lipinski definition) is 4. The molecule has 1 aliphatic rings. The molecule has 0 spiro atoms. The van der Waals surface area contributed by atoms with Gasteiger partial charge in [0, 0.05) is 6.42 Å². The quantitative estimate of drug-likeness (QED) is 0.704. The van der Waals surface area contributed by atoms with Gasteiger partial charge in [0.25, 0.3) is 5.91 Å². The fourth-order valence-corrected chi connectivity index (χ4v) is 2.97. The molecule has 3 heterocycles. The molecule has 0 saturated carbocycles. The minimum absolute atomic E-state index is 0.274.